The Bertz CT molecular complexity index is 726. The van der Waals surface area contributed by atoms with Crippen LogP contribution in [0.5, 0.6) is 0 Å². The standard InChI is InChI=1S/C20H28N3O/c1-14(2)16-9-10-19-17(12-16)18(13-22(5)15(3)4)21-23(19)20-8-6-7-11-24-20/h9-10,12,15,20H,1,3,6-8,11,13H2,2,4-5H3. The van der Waals surface area contributed by atoms with Crippen LogP contribution in [0.4, 0.5) is 0 Å². The minimum Gasteiger partial charge on any atom is -0.356 e. The minimum atomic E-state index is 0.0492. The first-order valence-electron chi connectivity index (χ1n) is 8.79. The summed E-state index contributed by atoms with van der Waals surface area (Å²) in [5.74, 6) is 0. The molecule has 0 bridgehead atoms. The molecule has 0 saturated carbocycles. The summed E-state index contributed by atoms with van der Waals surface area (Å²) >= 11 is 0. The average Bonchev–Trinajstić information content (AvgIpc) is 2.93. The number of allylic oxidation sites excluding steroid dienone is 1. The van der Waals surface area contributed by atoms with Crippen molar-refractivity contribution >= 4 is 16.5 Å². The summed E-state index contributed by atoms with van der Waals surface area (Å²) in [4.78, 5) is 2.21. The second-order valence-corrected chi connectivity index (χ2v) is 6.99. The van der Waals surface area contributed by atoms with Crippen molar-refractivity contribution in [1.29, 1.82) is 0 Å². The third-order valence-corrected chi connectivity index (χ3v) is 4.86. The molecule has 4 nitrogen and oxygen atoms in total. The van der Waals surface area contributed by atoms with Crippen LogP contribution in [-0.2, 0) is 11.3 Å². The smallest absolute Gasteiger partial charge is 0.150 e. The van der Waals surface area contributed by atoms with E-state index in [1.165, 1.54) is 11.8 Å². The van der Waals surface area contributed by atoms with E-state index in [-0.39, 0.29) is 12.3 Å². The highest BCUT2D eigenvalue weighted by atomic mass is 16.5. The molecule has 24 heavy (non-hydrogen) atoms. The third kappa shape index (κ3) is 3.40. The Morgan fingerprint density at radius 1 is 1.46 bits per heavy atom. The number of rotatable bonds is 5. The van der Waals surface area contributed by atoms with Crippen LogP contribution in [0.25, 0.3) is 16.5 Å². The summed E-state index contributed by atoms with van der Waals surface area (Å²) < 4.78 is 8.05. The molecule has 2 atom stereocenters. The highest BCUT2D eigenvalue weighted by Gasteiger charge is 2.22. The first-order chi connectivity index (χ1) is 11.5. The van der Waals surface area contributed by atoms with E-state index in [4.69, 9.17) is 9.84 Å². The number of fused-ring (bicyclic) bond motifs is 1. The fraction of sp³-hybridized carbons (Fsp3) is 0.500. The molecule has 0 amide bonds. The van der Waals surface area contributed by atoms with Crippen molar-refractivity contribution in [2.75, 3.05) is 13.7 Å². The third-order valence-electron chi connectivity index (χ3n) is 4.86. The maximum atomic E-state index is 5.97. The molecule has 1 aromatic carbocycles. The van der Waals surface area contributed by atoms with E-state index in [0.29, 0.717) is 0 Å². The van der Waals surface area contributed by atoms with Crippen molar-refractivity contribution in [2.45, 2.75) is 51.9 Å². The predicted molar refractivity (Wildman–Crippen MR) is 99.6 cm³/mol. The first kappa shape index (κ1) is 17.2. The maximum Gasteiger partial charge on any atom is 0.150 e. The monoisotopic (exact) mass is 326 g/mol. The number of hydrogen-bond acceptors (Lipinski definition) is 3. The number of benzene rings is 1. The Kier molecular flexibility index (Phi) is 5.07. The molecule has 3 rings (SSSR count). The van der Waals surface area contributed by atoms with Gasteiger partial charge < -0.3 is 4.74 Å². The lowest BCUT2D eigenvalue weighted by atomic mass is 10.1. The molecular formula is C20H28N3O. The van der Waals surface area contributed by atoms with E-state index >= 15 is 0 Å². The molecule has 0 aliphatic carbocycles. The van der Waals surface area contributed by atoms with Crippen LogP contribution in [0.2, 0.25) is 0 Å². The Labute approximate surface area is 145 Å². The molecule has 0 N–H and O–H groups in total. The molecule has 4 heteroatoms. The van der Waals surface area contributed by atoms with Gasteiger partial charge >= 0.3 is 0 Å². The van der Waals surface area contributed by atoms with E-state index in [0.717, 1.165) is 48.3 Å². The zero-order valence-electron chi connectivity index (χ0n) is 15.1. The summed E-state index contributed by atoms with van der Waals surface area (Å²) in [5.41, 5.74) is 4.47. The zero-order valence-corrected chi connectivity index (χ0v) is 15.1. The molecule has 1 fully saturated rings. The molecule has 1 saturated heterocycles. The molecule has 1 aliphatic rings. The van der Waals surface area contributed by atoms with Gasteiger partial charge in [0.25, 0.3) is 0 Å². The molecule has 2 unspecified atom stereocenters. The van der Waals surface area contributed by atoms with Crippen molar-refractivity contribution in [1.82, 2.24) is 14.7 Å². The van der Waals surface area contributed by atoms with Gasteiger partial charge in [-0.15, -0.1) is 0 Å². The van der Waals surface area contributed by atoms with Gasteiger partial charge in [-0.1, -0.05) is 18.2 Å². The van der Waals surface area contributed by atoms with E-state index in [1.807, 2.05) is 6.92 Å². The molecule has 2 heterocycles. The van der Waals surface area contributed by atoms with Crippen molar-refractivity contribution in [3.05, 3.63) is 43.0 Å². The van der Waals surface area contributed by atoms with Crippen LogP contribution in [0.15, 0.2) is 24.8 Å². The molecule has 0 spiro atoms. The van der Waals surface area contributed by atoms with Crippen LogP contribution in [0.3, 0.4) is 0 Å². The number of ether oxygens (including phenoxy) is 1. The average molecular weight is 326 g/mol. The lowest BCUT2D eigenvalue weighted by Crippen LogP contribution is -2.26. The van der Waals surface area contributed by atoms with Gasteiger partial charge in [0, 0.05) is 24.6 Å². The SMILES string of the molecule is [CH2]C(C)N(C)Cc1nn(C2CCCCO2)c2ccc(C(=C)C)cc12. The summed E-state index contributed by atoms with van der Waals surface area (Å²) in [6.07, 6.45) is 3.42. The summed E-state index contributed by atoms with van der Waals surface area (Å²) in [5, 5.41) is 6.12. The predicted octanol–water partition coefficient (Wildman–Crippen LogP) is 4.42. The van der Waals surface area contributed by atoms with Crippen LogP contribution in [-0.4, -0.2) is 34.4 Å². The second-order valence-electron chi connectivity index (χ2n) is 6.99. The zero-order chi connectivity index (χ0) is 17.3. The summed E-state index contributed by atoms with van der Waals surface area (Å²) in [6.45, 7) is 13.9. The second kappa shape index (κ2) is 7.08. The quantitative estimate of drug-likeness (QED) is 0.814. The fourth-order valence-corrected chi connectivity index (χ4v) is 3.12. The molecule has 129 valence electrons. The normalized spacial score (nSPS) is 18.7. The van der Waals surface area contributed by atoms with Gasteiger partial charge in [-0.25, -0.2) is 4.68 Å². The van der Waals surface area contributed by atoms with E-state index in [9.17, 15) is 0 Å². The molecular weight excluding hydrogens is 298 g/mol. The summed E-state index contributed by atoms with van der Waals surface area (Å²) in [6, 6.07) is 6.73. The Balaban J connectivity index is 2.06. The minimum absolute atomic E-state index is 0.0492. The maximum absolute atomic E-state index is 5.97. The number of aromatic nitrogens is 2. The lowest BCUT2D eigenvalue weighted by Gasteiger charge is -2.23. The molecule has 1 radical (unpaired) electrons. The number of hydrogen-bond donors (Lipinski definition) is 0. The highest BCUT2D eigenvalue weighted by Crippen LogP contribution is 2.30. The van der Waals surface area contributed by atoms with Crippen molar-refractivity contribution < 1.29 is 4.74 Å². The fourth-order valence-electron chi connectivity index (χ4n) is 3.12. The van der Waals surface area contributed by atoms with Gasteiger partial charge in [0.2, 0.25) is 0 Å². The van der Waals surface area contributed by atoms with E-state index in [2.05, 4.69) is 55.3 Å². The van der Waals surface area contributed by atoms with Crippen molar-refractivity contribution in [2.24, 2.45) is 0 Å². The highest BCUT2D eigenvalue weighted by molar-refractivity contribution is 5.85. The van der Waals surface area contributed by atoms with Gasteiger partial charge in [-0.2, -0.15) is 5.10 Å². The Morgan fingerprint density at radius 3 is 2.88 bits per heavy atom. The summed E-state index contributed by atoms with van der Waals surface area (Å²) in [7, 11) is 2.09. The van der Waals surface area contributed by atoms with Crippen molar-refractivity contribution in [3.8, 4) is 0 Å². The molecule has 1 aromatic heterocycles. The lowest BCUT2D eigenvalue weighted by molar-refractivity contribution is -0.0370. The van der Waals surface area contributed by atoms with Gasteiger partial charge in [0.05, 0.1) is 11.2 Å². The van der Waals surface area contributed by atoms with Gasteiger partial charge in [-0.3, -0.25) is 4.90 Å². The van der Waals surface area contributed by atoms with E-state index < -0.39 is 0 Å². The van der Waals surface area contributed by atoms with Crippen molar-refractivity contribution in [3.63, 3.8) is 0 Å². The Morgan fingerprint density at radius 2 is 2.25 bits per heavy atom. The van der Waals surface area contributed by atoms with Gasteiger partial charge in [0.1, 0.15) is 0 Å². The van der Waals surface area contributed by atoms with Crippen LogP contribution >= 0.6 is 0 Å². The largest absolute Gasteiger partial charge is 0.356 e. The van der Waals surface area contributed by atoms with E-state index in [1.54, 1.807) is 0 Å². The van der Waals surface area contributed by atoms with Crippen LogP contribution in [0, 0.1) is 6.92 Å². The Hall–Kier alpha value is -1.65. The van der Waals surface area contributed by atoms with Crippen LogP contribution in [0.1, 0.15) is 50.6 Å². The number of nitrogens with zero attached hydrogens (tertiary/aromatic N) is 3. The van der Waals surface area contributed by atoms with Crippen LogP contribution < -0.4 is 0 Å². The van der Waals surface area contributed by atoms with Gasteiger partial charge in [0.15, 0.2) is 6.23 Å². The molecule has 1 aliphatic heterocycles. The molecule has 2 aromatic rings. The first-order valence-corrected chi connectivity index (χ1v) is 8.79. The topological polar surface area (TPSA) is 30.3 Å². The van der Waals surface area contributed by atoms with Gasteiger partial charge in [-0.05, 0) is 64.8 Å².